The normalized spacial score (nSPS) is 10.8. The molecule has 0 aliphatic carbocycles. The fourth-order valence-electron chi connectivity index (χ4n) is 3.02. The minimum atomic E-state index is -0.378. The Balaban J connectivity index is 1.68. The molecule has 4 heteroatoms. The zero-order valence-electron chi connectivity index (χ0n) is 15.6. The highest BCUT2D eigenvalue weighted by Gasteiger charge is 2.12. The number of hydrogen-bond donors (Lipinski definition) is 0. The average molecular weight is 372 g/mol. The third-order valence-corrected chi connectivity index (χ3v) is 4.49. The van der Waals surface area contributed by atoms with E-state index in [1.165, 1.54) is 6.07 Å². The van der Waals surface area contributed by atoms with Crippen LogP contribution in [0, 0.1) is 6.92 Å². The molecule has 0 atom stereocenters. The van der Waals surface area contributed by atoms with Crippen LogP contribution < -0.4 is 15.1 Å². The van der Waals surface area contributed by atoms with Crippen molar-refractivity contribution >= 4 is 11.0 Å². The van der Waals surface area contributed by atoms with Gasteiger partial charge in [-0.15, -0.1) is 0 Å². The zero-order valence-corrected chi connectivity index (χ0v) is 15.6. The summed E-state index contributed by atoms with van der Waals surface area (Å²) in [4.78, 5) is 11.8. The second-order valence-electron chi connectivity index (χ2n) is 6.59. The van der Waals surface area contributed by atoms with Gasteiger partial charge >= 0.3 is 5.63 Å². The van der Waals surface area contributed by atoms with Gasteiger partial charge in [0, 0.05) is 17.5 Å². The lowest BCUT2D eigenvalue weighted by molar-refractivity contribution is 0.256. The molecule has 4 aromatic rings. The second kappa shape index (κ2) is 8.01. The molecule has 0 aliphatic heterocycles. The predicted molar refractivity (Wildman–Crippen MR) is 109 cm³/mol. The predicted octanol–water partition coefficient (Wildman–Crippen LogP) is 5.26. The molecule has 1 heterocycles. The maximum atomic E-state index is 11.8. The van der Waals surface area contributed by atoms with Gasteiger partial charge in [0.15, 0.2) is 11.5 Å². The lowest BCUT2D eigenvalue weighted by Crippen LogP contribution is -2.03. The Kier molecular flexibility index (Phi) is 5.11. The minimum Gasteiger partial charge on any atom is -0.485 e. The summed E-state index contributed by atoms with van der Waals surface area (Å²) in [5.41, 5.74) is 3.05. The molecular formula is C24H20O4. The van der Waals surface area contributed by atoms with Crippen LogP contribution >= 0.6 is 0 Å². The summed E-state index contributed by atoms with van der Waals surface area (Å²) in [5, 5.41) is 0.828. The van der Waals surface area contributed by atoms with Crippen LogP contribution in [0.5, 0.6) is 11.5 Å². The largest absolute Gasteiger partial charge is 0.485 e. The fourth-order valence-corrected chi connectivity index (χ4v) is 3.02. The van der Waals surface area contributed by atoms with E-state index >= 15 is 0 Å². The van der Waals surface area contributed by atoms with Crippen LogP contribution in [0.3, 0.4) is 0 Å². The maximum absolute atomic E-state index is 11.8. The standard InChI is InChI=1S/C24H20O4/c1-17-12-24(25)28-21-14-23(27-16-19-10-6-3-7-11-19)22(13-20(17)21)26-15-18-8-4-2-5-9-18/h2-14H,15-16H2,1H3. The van der Waals surface area contributed by atoms with Crippen LogP contribution in [0.15, 0.2) is 88.1 Å². The smallest absolute Gasteiger partial charge is 0.336 e. The Labute approximate surface area is 163 Å². The van der Waals surface area contributed by atoms with E-state index in [4.69, 9.17) is 13.9 Å². The van der Waals surface area contributed by atoms with Crippen molar-refractivity contribution in [2.24, 2.45) is 0 Å². The van der Waals surface area contributed by atoms with Crippen molar-refractivity contribution in [2.45, 2.75) is 20.1 Å². The van der Waals surface area contributed by atoms with Gasteiger partial charge in [0.05, 0.1) is 0 Å². The first-order valence-corrected chi connectivity index (χ1v) is 9.11. The van der Waals surface area contributed by atoms with Crippen LogP contribution in [-0.2, 0) is 13.2 Å². The van der Waals surface area contributed by atoms with Crippen LogP contribution in [0.2, 0.25) is 0 Å². The van der Waals surface area contributed by atoms with Gasteiger partial charge in [-0.2, -0.15) is 0 Å². The molecule has 0 spiro atoms. The van der Waals surface area contributed by atoms with E-state index in [-0.39, 0.29) is 5.63 Å². The summed E-state index contributed by atoms with van der Waals surface area (Å²) in [6.07, 6.45) is 0. The van der Waals surface area contributed by atoms with Crippen molar-refractivity contribution in [3.05, 3.63) is 106 Å². The average Bonchev–Trinajstić information content (AvgIpc) is 2.72. The van der Waals surface area contributed by atoms with Crippen molar-refractivity contribution in [1.82, 2.24) is 0 Å². The fraction of sp³-hybridized carbons (Fsp3) is 0.125. The SMILES string of the molecule is Cc1cc(=O)oc2cc(OCc3ccccc3)c(OCc3ccccc3)cc12. The molecule has 0 aliphatic rings. The van der Waals surface area contributed by atoms with E-state index in [1.54, 1.807) is 6.07 Å². The van der Waals surface area contributed by atoms with Gasteiger partial charge in [-0.05, 0) is 29.7 Å². The molecule has 0 unspecified atom stereocenters. The summed E-state index contributed by atoms with van der Waals surface area (Å²) < 4.78 is 17.4. The summed E-state index contributed by atoms with van der Waals surface area (Å²) in [5.74, 6) is 1.16. The molecule has 1 aromatic heterocycles. The number of fused-ring (bicyclic) bond motifs is 1. The number of hydrogen-bond acceptors (Lipinski definition) is 4. The van der Waals surface area contributed by atoms with E-state index in [9.17, 15) is 4.79 Å². The molecule has 4 nitrogen and oxygen atoms in total. The Morgan fingerprint density at radius 3 is 1.86 bits per heavy atom. The highest BCUT2D eigenvalue weighted by atomic mass is 16.5. The topological polar surface area (TPSA) is 48.7 Å². The van der Waals surface area contributed by atoms with E-state index in [2.05, 4.69) is 0 Å². The van der Waals surface area contributed by atoms with Gasteiger partial charge in [-0.3, -0.25) is 0 Å². The van der Waals surface area contributed by atoms with Gasteiger partial charge in [0.25, 0.3) is 0 Å². The van der Waals surface area contributed by atoms with Crippen LogP contribution in [0.1, 0.15) is 16.7 Å². The zero-order chi connectivity index (χ0) is 19.3. The molecule has 0 bridgehead atoms. The highest BCUT2D eigenvalue weighted by molar-refractivity contribution is 5.83. The van der Waals surface area contributed by atoms with Gasteiger partial charge in [-0.25, -0.2) is 4.79 Å². The molecule has 0 saturated carbocycles. The summed E-state index contributed by atoms with van der Waals surface area (Å²) in [6, 6.07) is 24.9. The van der Waals surface area contributed by atoms with E-state index in [1.807, 2.05) is 73.7 Å². The first kappa shape index (κ1) is 17.9. The van der Waals surface area contributed by atoms with Gasteiger partial charge in [0.1, 0.15) is 18.8 Å². The quantitative estimate of drug-likeness (QED) is 0.433. The number of ether oxygens (including phenoxy) is 2. The van der Waals surface area contributed by atoms with Gasteiger partial charge in [0.2, 0.25) is 0 Å². The van der Waals surface area contributed by atoms with Crippen molar-refractivity contribution in [3.63, 3.8) is 0 Å². The number of aryl methyl sites for hydroxylation is 1. The molecule has 140 valence electrons. The van der Waals surface area contributed by atoms with E-state index < -0.39 is 0 Å². The Morgan fingerprint density at radius 1 is 0.750 bits per heavy atom. The maximum Gasteiger partial charge on any atom is 0.336 e. The van der Waals surface area contributed by atoms with Crippen molar-refractivity contribution in [1.29, 1.82) is 0 Å². The number of benzene rings is 3. The van der Waals surface area contributed by atoms with E-state index in [0.717, 1.165) is 22.1 Å². The molecule has 3 aromatic carbocycles. The third-order valence-electron chi connectivity index (χ3n) is 4.49. The van der Waals surface area contributed by atoms with E-state index in [0.29, 0.717) is 30.3 Å². The Morgan fingerprint density at radius 2 is 1.29 bits per heavy atom. The molecule has 0 fully saturated rings. The second-order valence-corrected chi connectivity index (χ2v) is 6.59. The van der Waals surface area contributed by atoms with Gasteiger partial charge < -0.3 is 13.9 Å². The van der Waals surface area contributed by atoms with Crippen LogP contribution in [0.4, 0.5) is 0 Å². The first-order chi connectivity index (χ1) is 13.7. The lowest BCUT2D eigenvalue weighted by atomic mass is 10.1. The minimum absolute atomic E-state index is 0.378. The Hall–Kier alpha value is -3.53. The summed E-state index contributed by atoms with van der Waals surface area (Å²) in [7, 11) is 0. The van der Waals surface area contributed by atoms with Crippen LogP contribution in [-0.4, -0.2) is 0 Å². The number of rotatable bonds is 6. The van der Waals surface area contributed by atoms with Crippen molar-refractivity contribution < 1.29 is 13.9 Å². The van der Waals surface area contributed by atoms with Crippen LogP contribution in [0.25, 0.3) is 11.0 Å². The monoisotopic (exact) mass is 372 g/mol. The van der Waals surface area contributed by atoms with Crippen molar-refractivity contribution in [2.75, 3.05) is 0 Å². The molecule has 28 heavy (non-hydrogen) atoms. The molecule has 0 saturated heterocycles. The van der Waals surface area contributed by atoms with Crippen molar-refractivity contribution in [3.8, 4) is 11.5 Å². The highest BCUT2D eigenvalue weighted by Crippen LogP contribution is 2.34. The third kappa shape index (κ3) is 4.07. The lowest BCUT2D eigenvalue weighted by Gasteiger charge is -2.14. The van der Waals surface area contributed by atoms with Gasteiger partial charge in [-0.1, -0.05) is 60.7 Å². The Bertz CT molecular complexity index is 1130. The molecule has 4 rings (SSSR count). The molecule has 0 radical (unpaired) electrons. The molecular weight excluding hydrogens is 352 g/mol. The molecule has 0 N–H and O–H groups in total. The molecule has 0 amide bonds. The summed E-state index contributed by atoms with van der Waals surface area (Å²) >= 11 is 0. The first-order valence-electron chi connectivity index (χ1n) is 9.11. The summed E-state index contributed by atoms with van der Waals surface area (Å²) in [6.45, 7) is 2.69.